The number of methoxy groups -OCH3 is 1. The number of nitrogens with one attached hydrogen (secondary N) is 1. The van der Waals surface area contributed by atoms with Gasteiger partial charge in [-0.25, -0.2) is 4.79 Å². The van der Waals surface area contributed by atoms with Crippen LogP contribution in [0.15, 0.2) is 47.4 Å². The molecule has 0 spiro atoms. The lowest BCUT2D eigenvalue weighted by molar-refractivity contribution is -0.127. The van der Waals surface area contributed by atoms with Gasteiger partial charge in [0.05, 0.1) is 23.3 Å². The van der Waals surface area contributed by atoms with Gasteiger partial charge in [-0.05, 0) is 60.2 Å². The lowest BCUT2D eigenvalue weighted by Gasteiger charge is -2.14. The van der Waals surface area contributed by atoms with Crippen LogP contribution in [0, 0.1) is 6.92 Å². The quantitative estimate of drug-likeness (QED) is 0.681. The van der Waals surface area contributed by atoms with Crippen molar-refractivity contribution in [2.24, 2.45) is 0 Å². The number of carbonyl (C=O) groups is 4. The van der Waals surface area contributed by atoms with Crippen LogP contribution in [0.25, 0.3) is 6.08 Å². The van der Waals surface area contributed by atoms with Gasteiger partial charge in [0, 0.05) is 0 Å². The number of hydrogen-bond acceptors (Lipinski definition) is 6. The second kappa shape index (κ2) is 8.83. The van der Waals surface area contributed by atoms with E-state index in [2.05, 4.69) is 5.32 Å². The molecule has 0 unspecified atom stereocenters. The number of carboxylic acids is 1. The molecule has 1 aliphatic heterocycles. The third kappa shape index (κ3) is 4.69. The molecule has 9 heteroatoms. The molecule has 1 aliphatic rings. The van der Waals surface area contributed by atoms with Crippen LogP contribution in [0.5, 0.6) is 5.75 Å². The average Bonchev–Trinajstić information content (AvgIpc) is 2.95. The van der Waals surface area contributed by atoms with Crippen LogP contribution in [0.3, 0.4) is 0 Å². The second-order valence-corrected chi connectivity index (χ2v) is 7.44. The number of aryl methyl sites for hydroxylation is 1. The second-order valence-electron chi connectivity index (χ2n) is 6.45. The molecule has 0 aromatic heterocycles. The van der Waals surface area contributed by atoms with Gasteiger partial charge in [0.1, 0.15) is 12.3 Å². The fraction of sp³-hybridized carbons (Fsp3) is 0.143. The van der Waals surface area contributed by atoms with Crippen LogP contribution in [-0.4, -0.2) is 46.7 Å². The number of rotatable bonds is 6. The number of amides is 3. The summed E-state index contributed by atoms with van der Waals surface area (Å²) in [5, 5.41) is 11.2. The Morgan fingerprint density at radius 1 is 1.20 bits per heavy atom. The first-order valence-corrected chi connectivity index (χ1v) is 9.63. The Morgan fingerprint density at radius 2 is 1.97 bits per heavy atom. The molecule has 3 amide bonds. The zero-order valence-electron chi connectivity index (χ0n) is 16.2. The van der Waals surface area contributed by atoms with Gasteiger partial charge in [-0.2, -0.15) is 0 Å². The molecule has 2 aromatic carbocycles. The number of ether oxygens (including phenoxy) is 1. The van der Waals surface area contributed by atoms with Crippen molar-refractivity contribution < 1.29 is 29.0 Å². The molecule has 0 saturated carbocycles. The lowest BCUT2D eigenvalue weighted by atomic mass is 10.1. The molecule has 2 aromatic rings. The number of hydrogen-bond donors (Lipinski definition) is 2. The maximum Gasteiger partial charge on any atom is 0.337 e. The SMILES string of the molecule is COc1cccc(/C=C2\SC(=O)N(CC(=O)Nc3cc(C)ccc3C(=O)O)C2=O)c1. The predicted octanol–water partition coefficient (Wildman–Crippen LogP) is 3.38. The van der Waals surface area contributed by atoms with E-state index in [0.29, 0.717) is 11.3 Å². The van der Waals surface area contributed by atoms with Crippen molar-refractivity contribution in [1.29, 1.82) is 0 Å². The number of carboxylic acid groups (broad SMARTS) is 1. The predicted molar refractivity (Wildman–Crippen MR) is 112 cm³/mol. The minimum atomic E-state index is -1.20. The monoisotopic (exact) mass is 426 g/mol. The van der Waals surface area contributed by atoms with Gasteiger partial charge in [-0.3, -0.25) is 19.3 Å². The van der Waals surface area contributed by atoms with Crippen molar-refractivity contribution in [3.63, 3.8) is 0 Å². The van der Waals surface area contributed by atoms with Gasteiger partial charge in [0.25, 0.3) is 11.1 Å². The molecule has 30 heavy (non-hydrogen) atoms. The molecule has 3 rings (SSSR count). The molecule has 0 bridgehead atoms. The van der Waals surface area contributed by atoms with E-state index in [-0.39, 0.29) is 16.2 Å². The molecule has 2 N–H and O–H groups in total. The highest BCUT2D eigenvalue weighted by molar-refractivity contribution is 8.18. The van der Waals surface area contributed by atoms with E-state index in [1.165, 1.54) is 19.2 Å². The number of benzene rings is 2. The first-order chi connectivity index (χ1) is 14.3. The maximum atomic E-state index is 12.6. The Hall–Kier alpha value is -3.59. The van der Waals surface area contributed by atoms with Crippen LogP contribution in [0.2, 0.25) is 0 Å². The molecule has 0 atom stereocenters. The molecule has 8 nitrogen and oxygen atoms in total. The van der Waals surface area contributed by atoms with Crippen molar-refractivity contribution >= 4 is 46.5 Å². The van der Waals surface area contributed by atoms with Gasteiger partial charge in [0.15, 0.2) is 0 Å². The van der Waals surface area contributed by atoms with E-state index >= 15 is 0 Å². The summed E-state index contributed by atoms with van der Waals surface area (Å²) in [6.45, 7) is 1.23. The van der Waals surface area contributed by atoms with Gasteiger partial charge < -0.3 is 15.2 Å². The summed E-state index contributed by atoms with van der Waals surface area (Å²) < 4.78 is 5.14. The highest BCUT2D eigenvalue weighted by Gasteiger charge is 2.36. The molecular formula is C21H18N2O6S. The van der Waals surface area contributed by atoms with Gasteiger partial charge in [-0.1, -0.05) is 18.2 Å². The average molecular weight is 426 g/mol. The minimum Gasteiger partial charge on any atom is -0.497 e. The van der Waals surface area contributed by atoms with Gasteiger partial charge >= 0.3 is 5.97 Å². The largest absolute Gasteiger partial charge is 0.497 e. The van der Waals surface area contributed by atoms with E-state index in [1.807, 2.05) is 0 Å². The van der Waals surface area contributed by atoms with Crippen LogP contribution in [0.1, 0.15) is 21.5 Å². The zero-order chi connectivity index (χ0) is 21.8. The standard InChI is InChI=1S/C21H18N2O6S/c1-12-6-7-15(20(26)27)16(8-12)22-18(24)11-23-19(25)17(30-21(23)28)10-13-4-3-5-14(9-13)29-2/h3-10H,11H2,1-2H3,(H,22,24)(H,26,27)/b17-10-. The van der Waals surface area contributed by atoms with Crippen molar-refractivity contribution in [1.82, 2.24) is 4.90 Å². The Kier molecular flexibility index (Phi) is 6.22. The molecule has 1 fully saturated rings. The fourth-order valence-corrected chi connectivity index (χ4v) is 3.64. The number of carbonyl (C=O) groups excluding carboxylic acids is 3. The van der Waals surface area contributed by atoms with Gasteiger partial charge in [-0.15, -0.1) is 0 Å². The Morgan fingerprint density at radius 3 is 2.67 bits per heavy atom. The number of aromatic carboxylic acids is 1. The Labute approximate surface area is 176 Å². The topological polar surface area (TPSA) is 113 Å². The van der Waals surface area contributed by atoms with E-state index in [1.54, 1.807) is 43.3 Å². The number of thioether (sulfide) groups is 1. The van der Waals surface area contributed by atoms with Crippen molar-refractivity contribution in [2.75, 3.05) is 19.0 Å². The summed E-state index contributed by atoms with van der Waals surface area (Å²) in [7, 11) is 1.52. The van der Waals surface area contributed by atoms with E-state index < -0.39 is 29.6 Å². The summed E-state index contributed by atoms with van der Waals surface area (Å²) in [6, 6.07) is 11.5. The van der Waals surface area contributed by atoms with Crippen LogP contribution in [-0.2, 0) is 9.59 Å². The van der Waals surface area contributed by atoms with E-state index in [0.717, 1.165) is 22.2 Å². The normalized spacial score (nSPS) is 14.9. The lowest BCUT2D eigenvalue weighted by Crippen LogP contribution is -2.36. The number of nitrogens with zero attached hydrogens (tertiary/aromatic N) is 1. The molecule has 0 radical (unpaired) electrons. The fourth-order valence-electron chi connectivity index (χ4n) is 2.80. The van der Waals surface area contributed by atoms with E-state index in [9.17, 15) is 24.3 Å². The zero-order valence-corrected chi connectivity index (χ0v) is 17.0. The highest BCUT2D eigenvalue weighted by Crippen LogP contribution is 2.32. The summed E-state index contributed by atoms with van der Waals surface area (Å²) in [5.74, 6) is -1.86. The number of imide groups is 1. The first-order valence-electron chi connectivity index (χ1n) is 8.81. The van der Waals surface area contributed by atoms with Crippen molar-refractivity contribution in [2.45, 2.75) is 6.92 Å². The highest BCUT2D eigenvalue weighted by atomic mass is 32.2. The maximum absolute atomic E-state index is 12.6. The summed E-state index contributed by atoms with van der Waals surface area (Å²) in [4.78, 5) is 49.6. The Balaban J connectivity index is 1.74. The molecular weight excluding hydrogens is 408 g/mol. The third-order valence-electron chi connectivity index (χ3n) is 4.25. The molecule has 154 valence electrons. The van der Waals surface area contributed by atoms with Crippen LogP contribution < -0.4 is 10.1 Å². The van der Waals surface area contributed by atoms with Gasteiger partial charge in [0.2, 0.25) is 5.91 Å². The first kappa shape index (κ1) is 21.1. The Bertz CT molecular complexity index is 1080. The summed E-state index contributed by atoms with van der Waals surface area (Å²) >= 11 is 0.732. The van der Waals surface area contributed by atoms with E-state index in [4.69, 9.17) is 4.74 Å². The number of anilines is 1. The minimum absolute atomic E-state index is 0.0824. The summed E-state index contributed by atoms with van der Waals surface area (Å²) in [5.41, 5.74) is 1.45. The smallest absolute Gasteiger partial charge is 0.337 e. The molecule has 0 aliphatic carbocycles. The van der Waals surface area contributed by atoms with Crippen molar-refractivity contribution in [3.05, 3.63) is 64.1 Å². The molecule has 1 heterocycles. The van der Waals surface area contributed by atoms with Crippen LogP contribution in [0.4, 0.5) is 10.5 Å². The third-order valence-corrected chi connectivity index (χ3v) is 5.15. The molecule has 1 saturated heterocycles. The van der Waals surface area contributed by atoms with Crippen molar-refractivity contribution in [3.8, 4) is 5.75 Å². The summed E-state index contributed by atoms with van der Waals surface area (Å²) in [6.07, 6.45) is 1.55. The van der Waals surface area contributed by atoms with Crippen LogP contribution >= 0.6 is 11.8 Å².